The maximum Gasteiger partial charge on any atom is 0.282 e. The molecule has 0 aliphatic heterocycles. The second-order valence-corrected chi connectivity index (χ2v) is 5.19. The third kappa shape index (κ3) is 4.01. The van der Waals surface area contributed by atoms with Gasteiger partial charge in [-0.05, 0) is 24.3 Å². The second-order valence-electron chi connectivity index (χ2n) is 2.76. The van der Waals surface area contributed by atoms with Gasteiger partial charge in [0.1, 0.15) is 0 Å². The molecule has 0 unspecified atom stereocenters. The largest absolute Gasteiger partial charge is 0.282 e. The van der Waals surface area contributed by atoms with Crippen molar-refractivity contribution in [3.05, 3.63) is 32.8 Å². The van der Waals surface area contributed by atoms with Crippen LogP contribution in [0.3, 0.4) is 0 Å². The van der Waals surface area contributed by atoms with Crippen molar-refractivity contribution < 1.29 is 4.92 Å². The minimum absolute atomic E-state index is 0.151. The molecule has 0 saturated heterocycles. The first-order chi connectivity index (χ1) is 7.15. The lowest BCUT2D eigenvalue weighted by atomic mass is 10.3. The van der Waals surface area contributed by atoms with Gasteiger partial charge in [0.05, 0.1) is 9.82 Å². The van der Waals surface area contributed by atoms with Gasteiger partial charge in [0.2, 0.25) is 0 Å². The van der Waals surface area contributed by atoms with Crippen molar-refractivity contribution in [3.8, 4) is 0 Å². The van der Waals surface area contributed by atoms with E-state index in [1.54, 1.807) is 12.1 Å². The van der Waals surface area contributed by atoms with Crippen molar-refractivity contribution in [1.82, 2.24) is 0 Å². The highest BCUT2D eigenvalue weighted by atomic mass is 79.9. The topological polar surface area (TPSA) is 43.1 Å². The molecular weight excluding hydrogens is 302 g/mol. The van der Waals surface area contributed by atoms with E-state index in [2.05, 4.69) is 15.9 Å². The summed E-state index contributed by atoms with van der Waals surface area (Å²) in [5.74, 6) is 1.37. The van der Waals surface area contributed by atoms with Crippen molar-refractivity contribution in [1.29, 1.82) is 0 Å². The SMILES string of the molecule is O=[N+]([O-])c1ccc(Br)cc1SCCCCl. The third-order valence-corrected chi connectivity index (χ3v) is 3.55. The predicted molar refractivity (Wildman–Crippen MR) is 66.9 cm³/mol. The van der Waals surface area contributed by atoms with E-state index < -0.39 is 0 Å². The molecule has 1 aromatic carbocycles. The molecule has 6 heteroatoms. The zero-order valence-electron chi connectivity index (χ0n) is 7.78. The summed E-state index contributed by atoms with van der Waals surface area (Å²) in [6, 6.07) is 4.94. The minimum atomic E-state index is -0.366. The van der Waals surface area contributed by atoms with Gasteiger partial charge in [-0.25, -0.2) is 0 Å². The van der Waals surface area contributed by atoms with Crippen LogP contribution in [0.25, 0.3) is 0 Å². The lowest BCUT2D eigenvalue weighted by Gasteiger charge is -2.02. The molecule has 15 heavy (non-hydrogen) atoms. The average molecular weight is 311 g/mol. The van der Waals surface area contributed by atoms with E-state index in [1.165, 1.54) is 17.8 Å². The minimum Gasteiger partial charge on any atom is -0.258 e. The average Bonchev–Trinajstić information content (AvgIpc) is 2.18. The number of nitro groups is 1. The molecule has 0 aromatic heterocycles. The van der Waals surface area contributed by atoms with Crippen LogP contribution in [0.2, 0.25) is 0 Å². The Kier molecular flexibility index (Phi) is 5.42. The molecule has 0 radical (unpaired) electrons. The van der Waals surface area contributed by atoms with Gasteiger partial charge in [-0.15, -0.1) is 23.4 Å². The summed E-state index contributed by atoms with van der Waals surface area (Å²) in [6.07, 6.45) is 0.843. The van der Waals surface area contributed by atoms with Crippen molar-refractivity contribution in [2.45, 2.75) is 11.3 Å². The Labute approximate surface area is 105 Å². The second kappa shape index (κ2) is 6.35. The number of nitro benzene ring substituents is 1. The molecule has 0 heterocycles. The van der Waals surface area contributed by atoms with E-state index >= 15 is 0 Å². The maximum atomic E-state index is 10.7. The fraction of sp³-hybridized carbons (Fsp3) is 0.333. The highest BCUT2D eigenvalue weighted by Crippen LogP contribution is 2.32. The molecule has 0 amide bonds. The van der Waals surface area contributed by atoms with Gasteiger partial charge in [-0.3, -0.25) is 10.1 Å². The highest BCUT2D eigenvalue weighted by molar-refractivity contribution is 9.10. The first-order valence-corrected chi connectivity index (χ1v) is 6.59. The fourth-order valence-corrected chi connectivity index (χ4v) is 2.81. The first-order valence-electron chi connectivity index (χ1n) is 4.28. The van der Waals surface area contributed by atoms with Gasteiger partial charge in [-0.2, -0.15) is 0 Å². The summed E-state index contributed by atoms with van der Waals surface area (Å²) in [6.45, 7) is 0. The summed E-state index contributed by atoms with van der Waals surface area (Å²) in [4.78, 5) is 11.0. The molecule has 0 aliphatic carbocycles. The smallest absolute Gasteiger partial charge is 0.258 e. The van der Waals surface area contributed by atoms with Crippen LogP contribution < -0.4 is 0 Å². The number of halogens is 2. The molecule has 3 nitrogen and oxygen atoms in total. The zero-order valence-corrected chi connectivity index (χ0v) is 10.9. The molecule has 0 atom stereocenters. The Balaban J connectivity index is 2.82. The van der Waals surface area contributed by atoms with E-state index in [0.29, 0.717) is 10.8 Å². The van der Waals surface area contributed by atoms with Crippen molar-refractivity contribution in [2.75, 3.05) is 11.6 Å². The monoisotopic (exact) mass is 309 g/mol. The van der Waals surface area contributed by atoms with Crippen LogP contribution in [0, 0.1) is 10.1 Å². The number of nitrogens with zero attached hydrogens (tertiary/aromatic N) is 1. The Bertz CT molecular complexity index is 362. The van der Waals surface area contributed by atoms with Gasteiger partial charge >= 0.3 is 0 Å². The lowest BCUT2D eigenvalue weighted by molar-refractivity contribution is -0.387. The summed E-state index contributed by atoms with van der Waals surface area (Å²) in [5.41, 5.74) is 0.151. The standard InChI is InChI=1S/C9H9BrClNO2S/c10-7-2-3-8(12(13)14)9(6-7)15-5-1-4-11/h2-3,6H,1,4-5H2. The van der Waals surface area contributed by atoms with Gasteiger partial charge in [0.15, 0.2) is 0 Å². The number of hydrogen-bond donors (Lipinski definition) is 0. The van der Waals surface area contributed by atoms with E-state index in [4.69, 9.17) is 11.6 Å². The Morgan fingerprint density at radius 2 is 2.27 bits per heavy atom. The molecular formula is C9H9BrClNO2S. The number of hydrogen-bond acceptors (Lipinski definition) is 3. The van der Waals surface area contributed by atoms with Crippen molar-refractivity contribution in [3.63, 3.8) is 0 Å². The predicted octanol–water partition coefficient (Wildman–Crippen LogP) is 4.08. The number of alkyl halides is 1. The van der Waals surface area contributed by atoms with Crippen molar-refractivity contribution in [2.24, 2.45) is 0 Å². The molecule has 0 aliphatic rings. The molecule has 1 aromatic rings. The molecule has 1 rings (SSSR count). The molecule has 0 fully saturated rings. The normalized spacial score (nSPS) is 10.3. The Hall–Kier alpha value is -0.260. The van der Waals surface area contributed by atoms with Crippen LogP contribution in [0.5, 0.6) is 0 Å². The summed E-state index contributed by atoms with van der Waals surface area (Å²) >= 11 is 10.3. The molecule has 0 spiro atoms. The summed E-state index contributed by atoms with van der Waals surface area (Å²) < 4.78 is 0.849. The van der Waals surface area contributed by atoms with Gasteiger partial charge in [0.25, 0.3) is 5.69 Å². The van der Waals surface area contributed by atoms with Crippen molar-refractivity contribution >= 4 is 45.0 Å². The Morgan fingerprint density at radius 1 is 1.53 bits per heavy atom. The zero-order chi connectivity index (χ0) is 11.3. The number of rotatable bonds is 5. The fourth-order valence-electron chi connectivity index (χ4n) is 0.991. The van der Waals surface area contributed by atoms with E-state index in [0.717, 1.165) is 16.6 Å². The van der Waals surface area contributed by atoms with E-state index in [1.807, 2.05) is 0 Å². The molecule has 0 bridgehead atoms. The lowest BCUT2D eigenvalue weighted by Crippen LogP contribution is -1.91. The number of thioether (sulfide) groups is 1. The van der Waals surface area contributed by atoms with Crippen LogP contribution in [-0.4, -0.2) is 16.6 Å². The summed E-state index contributed by atoms with van der Waals surface area (Å²) in [7, 11) is 0. The number of benzene rings is 1. The van der Waals surface area contributed by atoms with Gasteiger partial charge in [-0.1, -0.05) is 15.9 Å². The van der Waals surface area contributed by atoms with E-state index in [-0.39, 0.29) is 10.6 Å². The van der Waals surface area contributed by atoms with E-state index in [9.17, 15) is 10.1 Å². The molecule has 82 valence electrons. The molecule has 0 N–H and O–H groups in total. The molecule has 0 saturated carbocycles. The summed E-state index contributed by atoms with van der Waals surface area (Å²) in [5, 5.41) is 10.7. The van der Waals surface area contributed by atoms with Crippen LogP contribution in [0.4, 0.5) is 5.69 Å². The third-order valence-electron chi connectivity index (χ3n) is 1.65. The van der Waals surface area contributed by atoms with Crippen LogP contribution >= 0.6 is 39.3 Å². The maximum absolute atomic E-state index is 10.7. The van der Waals surface area contributed by atoms with Gasteiger partial charge < -0.3 is 0 Å². The van der Waals surface area contributed by atoms with Gasteiger partial charge in [0, 0.05) is 16.4 Å². The first kappa shape index (κ1) is 12.8. The quantitative estimate of drug-likeness (QED) is 0.271. The highest BCUT2D eigenvalue weighted by Gasteiger charge is 2.13. The van der Waals surface area contributed by atoms with Crippen LogP contribution in [0.1, 0.15) is 6.42 Å². The van der Waals surface area contributed by atoms with Crippen LogP contribution in [-0.2, 0) is 0 Å². The van der Waals surface area contributed by atoms with Crippen LogP contribution in [0.15, 0.2) is 27.6 Å². The Morgan fingerprint density at radius 3 is 2.87 bits per heavy atom.